The van der Waals surface area contributed by atoms with E-state index in [-0.39, 0.29) is 17.8 Å². The highest BCUT2D eigenvalue weighted by molar-refractivity contribution is 7.79. The summed E-state index contributed by atoms with van der Waals surface area (Å²) in [5, 5.41) is 2.78. The minimum absolute atomic E-state index is 0.188. The van der Waals surface area contributed by atoms with Gasteiger partial charge in [0.05, 0.1) is 13.0 Å². The van der Waals surface area contributed by atoms with Crippen LogP contribution < -0.4 is 0 Å². The average Bonchev–Trinajstić information content (AvgIpc) is 3.03. The number of carbonyl (C=O) groups is 1. The third-order valence-electron chi connectivity index (χ3n) is 4.23. The molecule has 9 heteroatoms. The SMILES string of the molecule is COC(=O)[C@H](c1ccccc1Cl)C1CCc2sccc2C1.O=S(=O)(O)O. The van der Waals surface area contributed by atoms with Crippen molar-refractivity contribution in [1.29, 1.82) is 0 Å². The second kappa shape index (κ2) is 8.96. The van der Waals surface area contributed by atoms with Crippen LogP contribution in [0, 0.1) is 5.92 Å². The third kappa shape index (κ3) is 5.78. The molecule has 3 rings (SSSR count). The van der Waals surface area contributed by atoms with E-state index in [1.165, 1.54) is 17.6 Å². The van der Waals surface area contributed by atoms with Crippen molar-refractivity contribution in [2.75, 3.05) is 7.11 Å². The normalized spacial score (nSPS) is 17.5. The maximum atomic E-state index is 12.3. The Kier molecular flexibility index (Phi) is 7.19. The summed E-state index contributed by atoms with van der Waals surface area (Å²) < 4.78 is 36.6. The van der Waals surface area contributed by atoms with Crippen molar-refractivity contribution in [3.05, 3.63) is 56.7 Å². The number of aryl methyl sites for hydroxylation is 1. The maximum absolute atomic E-state index is 12.3. The second-order valence-corrected chi connectivity index (χ2v) is 8.15. The van der Waals surface area contributed by atoms with Gasteiger partial charge in [-0.3, -0.25) is 13.9 Å². The number of methoxy groups -OCH3 is 1. The van der Waals surface area contributed by atoms with Gasteiger partial charge in [0, 0.05) is 9.90 Å². The van der Waals surface area contributed by atoms with E-state index in [0.717, 1.165) is 24.8 Å². The molecule has 1 aromatic heterocycles. The molecule has 2 atom stereocenters. The zero-order valence-corrected chi connectivity index (χ0v) is 16.4. The number of benzene rings is 1. The Morgan fingerprint density at radius 3 is 2.58 bits per heavy atom. The molecule has 142 valence electrons. The number of esters is 1. The van der Waals surface area contributed by atoms with Crippen molar-refractivity contribution in [2.45, 2.75) is 25.2 Å². The molecule has 0 saturated carbocycles. The summed E-state index contributed by atoms with van der Waals surface area (Å²) in [6, 6.07) is 9.76. The fourth-order valence-corrected chi connectivity index (χ4v) is 4.37. The Hall–Kier alpha value is -1.45. The molecule has 0 bridgehead atoms. The van der Waals surface area contributed by atoms with E-state index in [9.17, 15) is 4.79 Å². The van der Waals surface area contributed by atoms with Crippen LogP contribution in [0.3, 0.4) is 0 Å². The molecule has 1 unspecified atom stereocenters. The van der Waals surface area contributed by atoms with Gasteiger partial charge in [-0.25, -0.2) is 0 Å². The molecular weight excluding hydrogens is 400 g/mol. The molecule has 2 aromatic rings. The molecule has 2 N–H and O–H groups in total. The van der Waals surface area contributed by atoms with Gasteiger partial charge < -0.3 is 4.74 Å². The molecule has 1 aromatic carbocycles. The molecule has 1 aliphatic rings. The molecule has 0 saturated heterocycles. The Morgan fingerprint density at radius 2 is 1.96 bits per heavy atom. The van der Waals surface area contributed by atoms with Gasteiger partial charge in [-0.1, -0.05) is 29.8 Å². The lowest BCUT2D eigenvalue weighted by atomic mass is 9.76. The Bertz CT molecular complexity index is 854. The van der Waals surface area contributed by atoms with Crippen LogP contribution in [0.2, 0.25) is 5.02 Å². The van der Waals surface area contributed by atoms with E-state index in [1.54, 1.807) is 0 Å². The molecule has 0 fully saturated rings. The standard InChI is InChI=1S/C17H17ClO2S.H2O4S/c1-20-17(19)16(13-4-2-3-5-14(13)18)12-6-7-15-11(10-12)8-9-21-15;1-5(2,3)4/h2-5,8-9,12,16H,6-7,10H2,1H3;(H2,1,2,3,4)/t12?,16-;/m0./s1. The number of hydrogen-bond donors (Lipinski definition) is 2. The van der Waals surface area contributed by atoms with Gasteiger partial charge in [0.15, 0.2) is 0 Å². The monoisotopic (exact) mass is 418 g/mol. The maximum Gasteiger partial charge on any atom is 0.394 e. The van der Waals surface area contributed by atoms with Crippen molar-refractivity contribution >= 4 is 39.3 Å². The van der Waals surface area contributed by atoms with Crippen molar-refractivity contribution in [1.82, 2.24) is 0 Å². The van der Waals surface area contributed by atoms with Gasteiger partial charge in [0.1, 0.15) is 0 Å². The van der Waals surface area contributed by atoms with Crippen molar-refractivity contribution in [2.24, 2.45) is 5.92 Å². The molecule has 1 heterocycles. The summed E-state index contributed by atoms with van der Waals surface area (Å²) >= 11 is 8.12. The zero-order valence-electron chi connectivity index (χ0n) is 14.0. The van der Waals surface area contributed by atoms with Crippen LogP contribution in [-0.2, 0) is 32.8 Å². The second-order valence-electron chi connectivity index (χ2n) is 5.84. The van der Waals surface area contributed by atoms with Gasteiger partial charge in [-0.15, -0.1) is 11.3 Å². The fourth-order valence-electron chi connectivity index (χ4n) is 3.18. The predicted molar refractivity (Wildman–Crippen MR) is 100 cm³/mol. The molecule has 6 nitrogen and oxygen atoms in total. The molecule has 0 radical (unpaired) electrons. The third-order valence-corrected chi connectivity index (χ3v) is 5.60. The van der Waals surface area contributed by atoms with E-state index in [4.69, 9.17) is 33.9 Å². The van der Waals surface area contributed by atoms with Gasteiger partial charge in [0.25, 0.3) is 0 Å². The first-order valence-corrected chi connectivity index (χ1v) is 10.4. The highest BCUT2D eigenvalue weighted by atomic mass is 35.5. The van der Waals surface area contributed by atoms with E-state index in [0.29, 0.717) is 5.02 Å². The van der Waals surface area contributed by atoms with Gasteiger partial charge in [-0.2, -0.15) is 8.42 Å². The number of rotatable bonds is 3. The van der Waals surface area contributed by atoms with E-state index in [1.807, 2.05) is 35.6 Å². The quantitative estimate of drug-likeness (QED) is 0.580. The van der Waals surface area contributed by atoms with Crippen LogP contribution in [0.4, 0.5) is 0 Å². The largest absolute Gasteiger partial charge is 0.469 e. The zero-order chi connectivity index (χ0) is 19.3. The molecule has 0 amide bonds. The van der Waals surface area contributed by atoms with Crippen molar-refractivity contribution in [3.63, 3.8) is 0 Å². The Morgan fingerprint density at radius 1 is 1.31 bits per heavy atom. The molecule has 0 spiro atoms. The fraction of sp³-hybridized carbons (Fsp3) is 0.353. The molecular formula is C17H19ClO6S2. The van der Waals surface area contributed by atoms with Crippen molar-refractivity contribution < 1.29 is 27.1 Å². The first-order chi connectivity index (χ1) is 12.2. The first kappa shape index (κ1) is 20.9. The minimum Gasteiger partial charge on any atom is -0.469 e. The molecule has 26 heavy (non-hydrogen) atoms. The van der Waals surface area contributed by atoms with Gasteiger partial charge >= 0.3 is 16.4 Å². The number of thiophene rings is 1. The summed E-state index contributed by atoms with van der Waals surface area (Å²) in [4.78, 5) is 13.8. The highest BCUT2D eigenvalue weighted by Crippen LogP contribution is 2.40. The summed E-state index contributed by atoms with van der Waals surface area (Å²) in [6.45, 7) is 0. The van der Waals surface area contributed by atoms with Gasteiger partial charge in [0.2, 0.25) is 0 Å². The lowest BCUT2D eigenvalue weighted by Crippen LogP contribution is -2.27. The molecule has 0 aliphatic heterocycles. The predicted octanol–water partition coefficient (Wildman–Crippen LogP) is 3.81. The van der Waals surface area contributed by atoms with Gasteiger partial charge in [-0.05, 0) is 53.8 Å². The summed E-state index contributed by atoms with van der Waals surface area (Å²) in [6.07, 6.45) is 2.96. The van der Waals surface area contributed by atoms with E-state index in [2.05, 4.69) is 11.4 Å². The molecule has 1 aliphatic carbocycles. The van der Waals surface area contributed by atoms with E-state index >= 15 is 0 Å². The van der Waals surface area contributed by atoms with Crippen molar-refractivity contribution in [3.8, 4) is 0 Å². The minimum atomic E-state index is -4.67. The highest BCUT2D eigenvalue weighted by Gasteiger charge is 2.34. The van der Waals surface area contributed by atoms with Crippen LogP contribution in [0.25, 0.3) is 0 Å². The smallest absolute Gasteiger partial charge is 0.394 e. The number of ether oxygens (including phenoxy) is 1. The van der Waals surface area contributed by atoms with Crippen LogP contribution in [-0.4, -0.2) is 30.6 Å². The summed E-state index contributed by atoms with van der Waals surface area (Å²) in [5.41, 5.74) is 2.26. The Balaban J connectivity index is 0.000000431. The lowest BCUT2D eigenvalue weighted by molar-refractivity contribution is -0.144. The number of carbonyl (C=O) groups excluding carboxylic acids is 1. The number of halogens is 1. The van der Waals surface area contributed by atoms with E-state index < -0.39 is 10.4 Å². The number of fused-ring (bicyclic) bond motifs is 1. The summed E-state index contributed by atoms with van der Waals surface area (Å²) in [7, 11) is -3.22. The van der Waals surface area contributed by atoms with Crippen LogP contribution in [0.15, 0.2) is 35.7 Å². The average molecular weight is 419 g/mol. The lowest BCUT2D eigenvalue weighted by Gasteiger charge is -2.29. The Labute approximate surface area is 161 Å². The number of hydrogen-bond acceptors (Lipinski definition) is 5. The van der Waals surface area contributed by atoms with Crippen LogP contribution in [0.1, 0.15) is 28.3 Å². The first-order valence-electron chi connectivity index (χ1n) is 7.78. The summed E-state index contributed by atoms with van der Waals surface area (Å²) in [5.74, 6) is -0.219. The topological polar surface area (TPSA) is 101 Å². The van der Waals surface area contributed by atoms with Crippen LogP contribution in [0.5, 0.6) is 0 Å². The van der Waals surface area contributed by atoms with Crippen LogP contribution >= 0.6 is 22.9 Å².